The lowest BCUT2D eigenvalue weighted by Gasteiger charge is -2.06. The highest BCUT2D eigenvalue weighted by Crippen LogP contribution is 2.04. The fourth-order valence-electron chi connectivity index (χ4n) is 1.54. The fraction of sp³-hybridized carbons (Fsp3) is 0.143. The van der Waals surface area contributed by atoms with Crippen molar-refractivity contribution >= 4 is 5.91 Å². The van der Waals surface area contributed by atoms with Crippen molar-refractivity contribution in [2.45, 2.75) is 13.2 Å². The first-order valence-corrected chi connectivity index (χ1v) is 5.88. The Bertz CT molecular complexity index is 526. The normalized spacial score (nSPS) is 10.3. The van der Waals surface area contributed by atoms with E-state index in [4.69, 9.17) is 10.6 Å². The Morgan fingerprint density at radius 1 is 1.21 bits per heavy atom. The Labute approximate surface area is 111 Å². The molecule has 0 aliphatic carbocycles. The molecule has 0 saturated carbocycles. The summed E-state index contributed by atoms with van der Waals surface area (Å²) in [5, 5.41) is 0. The number of hydrogen-bond acceptors (Lipinski definition) is 4. The van der Waals surface area contributed by atoms with Crippen LogP contribution in [0.4, 0.5) is 0 Å². The van der Waals surface area contributed by atoms with Gasteiger partial charge in [0.15, 0.2) is 0 Å². The van der Waals surface area contributed by atoms with Crippen LogP contribution in [-0.2, 0) is 18.0 Å². The number of pyridine rings is 1. The van der Waals surface area contributed by atoms with Gasteiger partial charge in [0.25, 0.3) is 0 Å². The van der Waals surface area contributed by atoms with Gasteiger partial charge in [-0.3, -0.25) is 14.6 Å². The molecular weight excluding hydrogens is 242 g/mol. The largest absolute Gasteiger partial charge is 0.366 e. The highest BCUT2D eigenvalue weighted by molar-refractivity contribution is 5.92. The van der Waals surface area contributed by atoms with Gasteiger partial charge in [-0.05, 0) is 29.3 Å². The van der Waals surface area contributed by atoms with Crippen molar-refractivity contribution in [3.8, 4) is 0 Å². The van der Waals surface area contributed by atoms with Crippen molar-refractivity contribution in [3.05, 3.63) is 65.5 Å². The van der Waals surface area contributed by atoms with E-state index in [9.17, 15) is 4.79 Å². The molecule has 5 heteroatoms. The second-order valence-electron chi connectivity index (χ2n) is 4.03. The number of benzene rings is 1. The van der Waals surface area contributed by atoms with Crippen LogP contribution in [0.15, 0.2) is 48.8 Å². The molecule has 1 amide bonds. The minimum atomic E-state index is -0.424. The lowest BCUT2D eigenvalue weighted by molar-refractivity contribution is 0.0233. The quantitative estimate of drug-likeness (QED) is 0.605. The van der Waals surface area contributed by atoms with Crippen LogP contribution >= 0.6 is 0 Å². The molecule has 0 fully saturated rings. The van der Waals surface area contributed by atoms with E-state index in [1.165, 1.54) is 0 Å². The van der Waals surface area contributed by atoms with Crippen LogP contribution in [0.3, 0.4) is 0 Å². The lowest BCUT2D eigenvalue weighted by atomic mass is 10.1. The summed E-state index contributed by atoms with van der Waals surface area (Å²) in [5.41, 5.74) is 10.5. The molecule has 0 bridgehead atoms. The summed E-state index contributed by atoms with van der Waals surface area (Å²) in [4.78, 5) is 20.2. The molecule has 0 aliphatic rings. The molecule has 0 unspecified atom stereocenters. The molecule has 1 aromatic carbocycles. The number of hydrogen-bond donors (Lipinski definition) is 2. The summed E-state index contributed by atoms with van der Waals surface area (Å²) in [6, 6.07) is 10.9. The average molecular weight is 257 g/mol. The number of carbonyl (C=O) groups is 1. The average Bonchev–Trinajstić information content (AvgIpc) is 2.45. The van der Waals surface area contributed by atoms with Gasteiger partial charge in [-0.1, -0.05) is 18.2 Å². The topological polar surface area (TPSA) is 77.2 Å². The Morgan fingerprint density at radius 3 is 2.63 bits per heavy atom. The third kappa shape index (κ3) is 4.17. The minimum Gasteiger partial charge on any atom is -0.366 e. The number of hydroxylamine groups is 1. The zero-order valence-corrected chi connectivity index (χ0v) is 10.4. The highest BCUT2D eigenvalue weighted by atomic mass is 16.6. The van der Waals surface area contributed by atoms with E-state index in [0.29, 0.717) is 18.7 Å². The number of primary amides is 1. The minimum absolute atomic E-state index is 0.424. The second-order valence-corrected chi connectivity index (χ2v) is 4.03. The Morgan fingerprint density at radius 2 is 2.00 bits per heavy atom. The summed E-state index contributed by atoms with van der Waals surface area (Å²) in [5.74, 6) is -0.424. The SMILES string of the molecule is NC(=O)c1ccc(CNOCc2cccnc2)cc1. The molecule has 2 rings (SSSR count). The number of nitrogens with one attached hydrogen (secondary N) is 1. The zero-order chi connectivity index (χ0) is 13.5. The highest BCUT2D eigenvalue weighted by Gasteiger charge is 1.99. The first-order valence-electron chi connectivity index (χ1n) is 5.88. The predicted molar refractivity (Wildman–Crippen MR) is 70.8 cm³/mol. The number of aromatic nitrogens is 1. The van der Waals surface area contributed by atoms with E-state index < -0.39 is 5.91 Å². The Kier molecular flexibility index (Phi) is 4.60. The first-order chi connectivity index (χ1) is 9.25. The molecule has 0 spiro atoms. The number of amides is 1. The van der Waals surface area contributed by atoms with Crippen LogP contribution in [0, 0.1) is 0 Å². The molecule has 0 radical (unpaired) electrons. The molecule has 0 saturated heterocycles. The van der Waals surface area contributed by atoms with E-state index >= 15 is 0 Å². The molecule has 0 atom stereocenters. The predicted octanol–water partition coefficient (Wildman–Crippen LogP) is 1.40. The Balaban J connectivity index is 1.75. The van der Waals surface area contributed by atoms with Gasteiger partial charge in [-0.25, -0.2) is 0 Å². The number of carbonyl (C=O) groups excluding carboxylic acids is 1. The zero-order valence-electron chi connectivity index (χ0n) is 10.4. The van der Waals surface area contributed by atoms with E-state index in [0.717, 1.165) is 11.1 Å². The van der Waals surface area contributed by atoms with Gasteiger partial charge in [0.1, 0.15) is 0 Å². The van der Waals surface area contributed by atoms with Crippen LogP contribution in [-0.4, -0.2) is 10.9 Å². The van der Waals surface area contributed by atoms with Crippen molar-refractivity contribution in [2.75, 3.05) is 0 Å². The van der Waals surface area contributed by atoms with Crippen molar-refractivity contribution < 1.29 is 9.63 Å². The van der Waals surface area contributed by atoms with Crippen LogP contribution < -0.4 is 11.2 Å². The molecule has 2 aromatic rings. The first kappa shape index (κ1) is 13.2. The molecule has 98 valence electrons. The van der Waals surface area contributed by atoms with Gasteiger partial charge in [0, 0.05) is 24.5 Å². The van der Waals surface area contributed by atoms with E-state index in [-0.39, 0.29) is 0 Å². The van der Waals surface area contributed by atoms with Gasteiger partial charge in [-0.2, -0.15) is 5.48 Å². The van der Waals surface area contributed by atoms with Gasteiger partial charge in [-0.15, -0.1) is 0 Å². The van der Waals surface area contributed by atoms with Crippen LogP contribution in [0.25, 0.3) is 0 Å². The summed E-state index contributed by atoms with van der Waals surface area (Å²) in [6.07, 6.45) is 3.47. The second kappa shape index (κ2) is 6.63. The maximum absolute atomic E-state index is 10.9. The smallest absolute Gasteiger partial charge is 0.248 e. The number of rotatable bonds is 6. The molecule has 1 heterocycles. The lowest BCUT2D eigenvalue weighted by Crippen LogP contribution is -2.14. The maximum Gasteiger partial charge on any atom is 0.248 e. The summed E-state index contributed by atoms with van der Waals surface area (Å²) < 4.78 is 0. The molecule has 19 heavy (non-hydrogen) atoms. The Hall–Kier alpha value is -2.24. The van der Waals surface area contributed by atoms with Crippen molar-refractivity contribution in [1.82, 2.24) is 10.5 Å². The van der Waals surface area contributed by atoms with Gasteiger partial charge < -0.3 is 5.73 Å². The summed E-state index contributed by atoms with van der Waals surface area (Å²) in [7, 11) is 0. The van der Waals surface area contributed by atoms with Crippen LogP contribution in [0.1, 0.15) is 21.5 Å². The van der Waals surface area contributed by atoms with Crippen LogP contribution in [0.5, 0.6) is 0 Å². The molecule has 3 N–H and O–H groups in total. The monoisotopic (exact) mass is 257 g/mol. The standard InChI is InChI=1S/C14H15N3O2/c15-14(18)13-5-3-11(4-6-13)9-17-19-10-12-2-1-7-16-8-12/h1-8,17H,9-10H2,(H2,15,18). The van der Waals surface area contributed by atoms with Crippen LogP contribution in [0.2, 0.25) is 0 Å². The van der Waals surface area contributed by atoms with E-state index in [1.54, 1.807) is 24.5 Å². The fourth-order valence-corrected chi connectivity index (χ4v) is 1.54. The van der Waals surface area contributed by atoms with Gasteiger partial charge >= 0.3 is 0 Å². The molecule has 1 aromatic heterocycles. The van der Waals surface area contributed by atoms with Gasteiger partial charge in [0.2, 0.25) is 5.91 Å². The third-order valence-electron chi connectivity index (χ3n) is 2.58. The van der Waals surface area contributed by atoms with E-state index in [2.05, 4.69) is 10.5 Å². The van der Waals surface area contributed by atoms with Crippen molar-refractivity contribution in [2.24, 2.45) is 5.73 Å². The van der Waals surface area contributed by atoms with Crippen molar-refractivity contribution in [3.63, 3.8) is 0 Å². The summed E-state index contributed by atoms with van der Waals surface area (Å²) in [6.45, 7) is 1.01. The van der Waals surface area contributed by atoms with E-state index in [1.807, 2.05) is 24.3 Å². The third-order valence-corrected chi connectivity index (χ3v) is 2.58. The maximum atomic E-state index is 10.9. The molecule has 5 nitrogen and oxygen atoms in total. The molecule has 0 aliphatic heterocycles. The molecular formula is C14H15N3O2. The van der Waals surface area contributed by atoms with Crippen molar-refractivity contribution in [1.29, 1.82) is 0 Å². The summed E-state index contributed by atoms with van der Waals surface area (Å²) >= 11 is 0. The number of nitrogens with zero attached hydrogens (tertiary/aromatic N) is 1. The number of nitrogens with two attached hydrogens (primary N) is 1. The van der Waals surface area contributed by atoms with Gasteiger partial charge in [0.05, 0.1) is 6.61 Å².